The highest BCUT2D eigenvalue weighted by atomic mass is 19.4. The van der Waals surface area contributed by atoms with Crippen LogP contribution in [0.2, 0.25) is 0 Å². The second-order valence-electron chi connectivity index (χ2n) is 4.07. The number of halogens is 3. The van der Waals surface area contributed by atoms with E-state index in [-0.39, 0.29) is 12.8 Å². The van der Waals surface area contributed by atoms with Crippen LogP contribution in [-0.4, -0.2) is 27.0 Å². The molecule has 0 aromatic carbocycles. The Morgan fingerprint density at radius 3 is 2.55 bits per heavy atom. The Hall–Kier alpha value is -2.12. The van der Waals surface area contributed by atoms with Gasteiger partial charge in [0.1, 0.15) is 18.0 Å². The number of amides is 1. The summed E-state index contributed by atoms with van der Waals surface area (Å²) in [5, 5.41) is 18.3. The number of carbonyl (C=O) groups excluding carboxylic acids is 1. The Morgan fingerprint density at radius 2 is 2.15 bits per heavy atom. The molecule has 10 heteroatoms. The van der Waals surface area contributed by atoms with Gasteiger partial charge in [0.2, 0.25) is 5.91 Å². The minimum atomic E-state index is -4.80. The average molecular weight is 291 g/mol. The fraction of sp³-hybridized carbons (Fsp3) is 0.500. The monoisotopic (exact) mass is 291 g/mol. The summed E-state index contributed by atoms with van der Waals surface area (Å²) in [5.41, 5.74) is 8.19. The van der Waals surface area contributed by atoms with E-state index >= 15 is 0 Å². The molecule has 0 aliphatic rings. The van der Waals surface area contributed by atoms with E-state index in [1.54, 1.807) is 0 Å². The van der Waals surface area contributed by atoms with Crippen LogP contribution < -0.4 is 11.5 Å². The van der Waals surface area contributed by atoms with Crippen molar-refractivity contribution in [2.75, 3.05) is 0 Å². The largest absolute Gasteiger partial charge is 0.434 e. The second-order valence-corrected chi connectivity index (χ2v) is 4.07. The highest BCUT2D eigenvalue weighted by molar-refractivity contribution is 5.73. The topological polar surface area (TPSA) is 142 Å². The van der Waals surface area contributed by atoms with Crippen LogP contribution in [0.5, 0.6) is 0 Å². The molecule has 0 aliphatic heterocycles. The summed E-state index contributed by atoms with van der Waals surface area (Å²) in [6.45, 7) is 0. The van der Waals surface area contributed by atoms with Crippen LogP contribution >= 0.6 is 0 Å². The number of aromatic nitrogens is 2. The molecule has 1 aromatic heterocycles. The highest BCUT2D eigenvalue weighted by Gasteiger charge is 2.38. The van der Waals surface area contributed by atoms with E-state index in [0.29, 0.717) is 0 Å². The number of aromatic amines is 1. The van der Waals surface area contributed by atoms with Crippen LogP contribution in [-0.2, 0) is 11.0 Å². The summed E-state index contributed by atoms with van der Waals surface area (Å²) < 4.78 is 37.7. The molecular formula is C10H12F3N5O2. The zero-order chi connectivity index (χ0) is 15.5. The van der Waals surface area contributed by atoms with Crippen molar-refractivity contribution in [3.8, 4) is 6.07 Å². The Bertz CT molecular complexity index is 534. The van der Waals surface area contributed by atoms with Gasteiger partial charge in [-0.25, -0.2) is 4.98 Å². The van der Waals surface area contributed by atoms with E-state index in [2.05, 4.69) is 4.98 Å². The number of carbonyl (C=O) groups is 1. The van der Waals surface area contributed by atoms with Crippen LogP contribution in [0.25, 0.3) is 0 Å². The van der Waals surface area contributed by atoms with Gasteiger partial charge in [0.05, 0.1) is 0 Å². The van der Waals surface area contributed by atoms with E-state index in [0.717, 1.165) is 0 Å². The summed E-state index contributed by atoms with van der Waals surface area (Å²) in [5.74, 6) is -1.13. The number of alkyl halides is 3. The quantitative estimate of drug-likeness (QED) is 0.600. The molecule has 0 saturated heterocycles. The molecule has 0 radical (unpaired) electrons. The maximum absolute atomic E-state index is 12.6. The zero-order valence-electron chi connectivity index (χ0n) is 10.1. The molecule has 110 valence electrons. The van der Waals surface area contributed by atoms with Crippen LogP contribution in [0.1, 0.15) is 36.2 Å². The summed E-state index contributed by atoms with van der Waals surface area (Å²) in [4.78, 5) is 15.8. The van der Waals surface area contributed by atoms with Crippen LogP contribution in [0.3, 0.4) is 0 Å². The van der Waals surface area contributed by atoms with E-state index in [1.807, 2.05) is 4.98 Å². The van der Waals surface area contributed by atoms with Gasteiger partial charge in [-0.05, 0) is 6.42 Å². The molecule has 1 unspecified atom stereocenters. The minimum absolute atomic E-state index is 0.0273. The van der Waals surface area contributed by atoms with E-state index in [4.69, 9.17) is 16.7 Å². The first-order chi connectivity index (χ1) is 9.16. The first-order valence-electron chi connectivity index (χ1n) is 5.46. The van der Waals surface area contributed by atoms with Gasteiger partial charge < -0.3 is 21.6 Å². The molecule has 1 heterocycles. The number of aliphatic hydroxyl groups excluding tert-OH is 1. The molecule has 1 amide bonds. The Kier molecular flexibility index (Phi) is 4.69. The lowest BCUT2D eigenvalue weighted by Gasteiger charge is -2.15. The van der Waals surface area contributed by atoms with Crippen molar-refractivity contribution >= 4 is 5.91 Å². The number of imidazole rings is 1. The maximum Gasteiger partial charge on any atom is 0.434 e. The molecule has 0 bridgehead atoms. The summed E-state index contributed by atoms with van der Waals surface area (Å²) >= 11 is 0. The molecule has 0 fully saturated rings. The smallest absolute Gasteiger partial charge is 0.384 e. The molecule has 0 spiro atoms. The van der Waals surface area contributed by atoms with E-state index < -0.39 is 41.4 Å². The Labute approximate surface area is 111 Å². The first-order valence-corrected chi connectivity index (χ1v) is 5.46. The third kappa shape index (κ3) is 3.69. The number of hydrogen-bond donors (Lipinski definition) is 4. The second kappa shape index (κ2) is 5.89. The molecule has 1 aromatic rings. The number of nitrogens with zero attached hydrogens (tertiary/aromatic N) is 2. The van der Waals surface area contributed by atoms with Crippen molar-refractivity contribution in [3.63, 3.8) is 0 Å². The van der Waals surface area contributed by atoms with Crippen molar-refractivity contribution in [3.05, 3.63) is 17.2 Å². The normalized spacial score (nSPS) is 14.6. The van der Waals surface area contributed by atoms with Gasteiger partial charge in [0, 0.05) is 12.5 Å². The van der Waals surface area contributed by atoms with Gasteiger partial charge in [0.25, 0.3) is 0 Å². The van der Waals surface area contributed by atoms with Gasteiger partial charge >= 0.3 is 6.18 Å². The molecule has 2 atom stereocenters. The fourth-order valence-electron chi connectivity index (χ4n) is 1.49. The van der Waals surface area contributed by atoms with Crippen molar-refractivity contribution in [2.24, 2.45) is 11.5 Å². The predicted octanol–water partition coefficient (Wildman–Crippen LogP) is -0.0736. The molecule has 0 aliphatic carbocycles. The Balaban J connectivity index is 2.95. The summed E-state index contributed by atoms with van der Waals surface area (Å²) in [6.07, 6.45) is -6.53. The highest BCUT2D eigenvalue weighted by Crippen LogP contribution is 2.31. The minimum Gasteiger partial charge on any atom is -0.384 e. The lowest BCUT2D eigenvalue weighted by atomic mass is 10.1. The number of hydrogen-bond acceptors (Lipinski definition) is 5. The number of nitrogens with two attached hydrogens (primary N) is 2. The van der Waals surface area contributed by atoms with Crippen molar-refractivity contribution in [1.29, 1.82) is 5.26 Å². The third-order valence-electron chi connectivity index (χ3n) is 2.52. The molecule has 7 nitrogen and oxygen atoms in total. The lowest BCUT2D eigenvalue weighted by molar-refractivity contribution is -0.141. The van der Waals surface area contributed by atoms with Crippen molar-refractivity contribution in [2.45, 2.75) is 31.2 Å². The predicted molar refractivity (Wildman–Crippen MR) is 59.7 cm³/mol. The van der Waals surface area contributed by atoms with Crippen LogP contribution in [0.4, 0.5) is 13.2 Å². The van der Waals surface area contributed by atoms with E-state index in [9.17, 15) is 23.1 Å². The van der Waals surface area contributed by atoms with Crippen LogP contribution in [0, 0.1) is 11.3 Å². The SMILES string of the molecule is N#Cc1nc(C(O)[C@@H](N)CCC(N)=O)[nH]c1C(F)(F)F. The molecule has 6 N–H and O–H groups in total. The summed E-state index contributed by atoms with van der Waals surface area (Å²) in [6, 6.07) is 0.238. The number of aliphatic hydroxyl groups is 1. The number of rotatable bonds is 5. The van der Waals surface area contributed by atoms with Gasteiger partial charge in [-0.1, -0.05) is 0 Å². The third-order valence-corrected chi connectivity index (χ3v) is 2.52. The zero-order valence-corrected chi connectivity index (χ0v) is 10.1. The van der Waals surface area contributed by atoms with Crippen LogP contribution in [0.15, 0.2) is 0 Å². The van der Waals surface area contributed by atoms with Crippen molar-refractivity contribution in [1.82, 2.24) is 9.97 Å². The van der Waals surface area contributed by atoms with Crippen molar-refractivity contribution < 1.29 is 23.1 Å². The number of H-pyrrole nitrogens is 1. The standard InChI is InChI=1S/C10H12F3N5O2/c11-10(12,13)8-5(3-14)17-9(18-8)7(20)4(15)1-2-6(16)19/h4,7,20H,1-2,15H2,(H2,16,19)(H,17,18)/t4-,7?/m0/s1. The molecular weight excluding hydrogens is 279 g/mol. The molecule has 1 rings (SSSR count). The number of primary amides is 1. The summed E-state index contributed by atoms with van der Waals surface area (Å²) in [7, 11) is 0. The number of nitriles is 1. The Morgan fingerprint density at radius 1 is 1.55 bits per heavy atom. The molecule has 20 heavy (non-hydrogen) atoms. The van der Waals surface area contributed by atoms with Gasteiger partial charge in [0.15, 0.2) is 11.4 Å². The number of nitrogens with one attached hydrogen (secondary N) is 1. The molecule has 0 saturated carbocycles. The fourth-order valence-corrected chi connectivity index (χ4v) is 1.49. The maximum atomic E-state index is 12.6. The average Bonchev–Trinajstić information content (AvgIpc) is 2.78. The lowest BCUT2D eigenvalue weighted by Crippen LogP contribution is -2.30. The van der Waals surface area contributed by atoms with Gasteiger partial charge in [-0.15, -0.1) is 0 Å². The van der Waals surface area contributed by atoms with E-state index in [1.165, 1.54) is 6.07 Å². The van der Waals surface area contributed by atoms with Gasteiger partial charge in [-0.3, -0.25) is 4.79 Å². The first kappa shape index (κ1) is 15.9. The van der Waals surface area contributed by atoms with Gasteiger partial charge in [-0.2, -0.15) is 18.4 Å².